The summed E-state index contributed by atoms with van der Waals surface area (Å²) in [6.07, 6.45) is 1.53. The molecule has 4 atom stereocenters. The van der Waals surface area contributed by atoms with E-state index in [-0.39, 0.29) is 23.1 Å². The first-order valence-corrected chi connectivity index (χ1v) is 10.5. The van der Waals surface area contributed by atoms with Crippen LogP contribution in [0, 0.1) is 17.7 Å². The number of esters is 1. The molecule has 0 saturated carbocycles. The highest BCUT2D eigenvalue weighted by atomic mass is 19.1. The summed E-state index contributed by atoms with van der Waals surface area (Å²) in [4.78, 5) is 55.8. The fourth-order valence-corrected chi connectivity index (χ4v) is 5.49. The zero-order valence-electron chi connectivity index (χ0n) is 17.4. The summed E-state index contributed by atoms with van der Waals surface area (Å²) in [7, 11) is 1.23. The summed E-state index contributed by atoms with van der Waals surface area (Å²) in [6, 6.07) is 10.5. The lowest BCUT2D eigenvalue weighted by Crippen LogP contribution is -2.46. The maximum absolute atomic E-state index is 13.6. The number of imide groups is 1. The Morgan fingerprint density at radius 3 is 2.41 bits per heavy atom. The van der Waals surface area contributed by atoms with Crippen LogP contribution in [0.5, 0.6) is 0 Å². The van der Waals surface area contributed by atoms with Gasteiger partial charge < -0.3 is 4.74 Å². The van der Waals surface area contributed by atoms with E-state index >= 15 is 0 Å². The van der Waals surface area contributed by atoms with Gasteiger partial charge in [-0.05, 0) is 55.8 Å². The third-order valence-corrected chi connectivity index (χ3v) is 6.80. The Balaban J connectivity index is 1.56. The van der Waals surface area contributed by atoms with Gasteiger partial charge in [0.05, 0.1) is 36.2 Å². The number of methoxy groups -OCH3 is 1. The Morgan fingerprint density at radius 1 is 1.00 bits per heavy atom. The number of halogens is 1. The number of carbonyl (C=O) groups is 4. The first-order valence-electron chi connectivity index (χ1n) is 10.5. The molecule has 5 rings (SSSR count). The van der Waals surface area contributed by atoms with Crippen molar-refractivity contribution in [1.29, 1.82) is 0 Å². The van der Waals surface area contributed by atoms with E-state index in [1.165, 1.54) is 43.5 Å². The van der Waals surface area contributed by atoms with Crippen molar-refractivity contribution < 1.29 is 28.3 Å². The van der Waals surface area contributed by atoms with Crippen LogP contribution in [0.2, 0.25) is 0 Å². The second kappa shape index (κ2) is 7.63. The number of hydrogen-bond donors (Lipinski definition) is 0. The van der Waals surface area contributed by atoms with Crippen LogP contribution in [0.1, 0.15) is 33.6 Å². The molecule has 0 aromatic heterocycles. The van der Waals surface area contributed by atoms with Gasteiger partial charge in [0.25, 0.3) is 0 Å². The molecule has 3 aliphatic heterocycles. The monoisotopic (exact) mass is 436 g/mol. The number of anilines is 1. The van der Waals surface area contributed by atoms with Crippen LogP contribution in [-0.2, 0) is 14.3 Å². The van der Waals surface area contributed by atoms with E-state index in [1.807, 2.05) is 4.90 Å². The van der Waals surface area contributed by atoms with Crippen molar-refractivity contribution >= 4 is 29.3 Å². The molecule has 7 nitrogen and oxygen atoms in total. The number of nitrogens with zero attached hydrogens (tertiary/aromatic N) is 2. The average molecular weight is 436 g/mol. The Morgan fingerprint density at radius 2 is 1.69 bits per heavy atom. The normalized spacial score (nSPS) is 26.9. The Bertz CT molecular complexity index is 1130. The highest BCUT2D eigenvalue weighted by Gasteiger charge is 2.65. The van der Waals surface area contributed by atoms with Gasteiger partial charge in [0.1, 0.15) is 5.82 Å². The van der Waals surface area contributed by atoms with Crippen molar-refractivity contribution in [3.63, 3.8) is 0 Å². The quantitative estimate of drug-likeness (QED) is 0.416. The van der Waals surface area contributed by atoms with E-state index in [0.717, 1.165) is 11.3 Å². The standard InChI is InChI=1S/C24H21FN2O5/c1-32-24(31)15-5-2-3-6-16(15)27-22(29)18-17-7-4-12-26(17)20(19(18)23(27)30)21(28)13-8-10-14(25)11-9-13/h2-3,5-6,8-11,17-20H,4,7,12H2,1H3/t17-,18+,19-,20-/m1/s1. The number of fused-ring (bicyclic) bond motifs is 3. The summed E-state index contributed by atoms with van der Waals surface area (Å²) in [6.45, 7) is 0.620. The topological polar surface area (TPSA) is 84.0 Å². The number of para-hydroxylation sites is 1. The third kappa shape index (κ3) is 2.90. The van der Waals surface area contributed by atoms with Crippen molar-refractivity contribution in [3.05, 3.63) is 65.5 Å². The van der Waals surface area contributed by atoms with E-state index in [9.17, 15) is 23.6 Å². The van der Waals surface area contributed by atoms with E-state index < -0.39 is 41.5 Å². The second-order valence-electron chi connectivity index (χ2n) is 8.34. The number of ether oxygens (including phenoxy) is 1. The number of carbonyl (C=O) groups excluding carboxylic acids is 4. The molecule has 0 spiro atoms. The van der Waals surface area contributed by atoms with Gasteiger partial charge in [-0.25, -0.2) is 14.1 Å². The summed E-state index contributed by atoms with van der Waals surface area (Å²) in [5.41, 5.74) is 0.582. The molecule has 0 aliphatic carbocycles. The Hall–Kier alpha value is -3.39. The maximum atomic E-state index is 13.6. The minimum absolute atomic E-state index is 0.112. The minimum Gasteiger partial charge on any atom is -0.465 e. The highest BCUT2D eigenvalue weighted by Crippen LogP contribution is 2.48. The van der Waals surface area contributed by atoms with E-state index in [0.29, 0.717) is 18.5 Å². The van der Waals surface area contributed by atoms with Crippen molar-refractivity contribution in [1.82, 2.24) is 4.90 Å². The van der Waals surface area contributed by atoms with Crippen LogP contribution in [0.25, 0.3) is 0 Å². The molecule has 2 aromatic rings. The van der Waals surface area contributed by atoms with Crippen LogP contribution < -0.4 is 4.90 Å². The van der Waals surface area contributed by atoms with Crippen LogP contribution in [0.3, 0.4) is 0 Å². The van der Waals surface area contributed by atoms with Crippen LogP contribution in [0.15, 0.2) is 48.5 Å². The predicted molar refractivity (Wildman–Crippen MR) is 112 cm³/mol. The van der Waals surface area contributed by atoms with Crippen LogP contribution in [0.4, 0.5) is 10.1 Å². The Kier molecular flexibility index (Phi) is 4.89. The zero-order chi connectivity index (χ0) is 22.6. The molecule has 164 valence electrons. The summed E-state index contributed by atoms with van der Waals surface area (Å²) < 4.78 is 18.2. The van der Waals surface area contributed by atoms with E-state index in [1.54, 1.807) is 12.1 Å². The van der Waals surface area contributed by atoms with Crippen LogP contribution >= 0.6 is 0 Å². The molecular formula is C24H21FN2O5. The molecular weight excluding hydrogens is 415 g/mol. The molecule has 2 amide bonds. The fraction of sp³-hybridized carbons (Fsp3) is 0.333. The van der Waals surface area contributed by atoms with Gasteiger partial charge >= 0.3 is 5.97 Å². The number of Topliss-reactive ketones (excluding diaryl/α,β-unsaturated/α-hetero) is 1. The highest BCUT2D eigenvalue weighted by molar-refractivity contribution is 6.26. The molecule has 2 aromatic carbocycles. The number of amides is 2. The number of hydrogen-bond acceptors (Lipinski definition) is 6. The number of benzene rings is 2. The van der Waals surface area contributed by atoms with Crippen molar-refractivity contribution in [3.8, 4) is 0 Å². The molecule has 8 heteroatoms. The number of ketones is 1. The van der Waals surface area contributed by atoms with E-state index in [2.05, 4.69) is 0 Å². The van der Waals surface area contributed by atoms with E-state index in [4.69, 9.17) is 4.74 Å². The molecule has 3 aliphatic rings. The first-order chi connectivity index (χ1) is 15.4. The zero-order valence-corrected chi connectivity index (χ0v) is 17.4. The lowest BCUT2D eigenvalue weighted by molar-refractivity contribution is -0.123. The molecule has 0 N–H and O–H groups in total. The largest absolute Gasteiger partial charge is 0.465 e. The van der Waals surface area contributed by atoms with Gasteiger partial charge in [-0.15, -0.1) is 0 Å². The lowest BCUT2D eigenvalue weighted by atomic mass is 9.85. The summed E-state index contributed by atoms with van der Waals surface area (Å²) in [5, 5.41) is 0. The fourth-order valence-electron chi connectivity index (χ4n) is 5.49. The van der Waals surface area contributed by atoms with Gasteiger partial charge in [-0.3, -0.25) is 19.3 Å². The Labute approximate surface area is 183 Å². The van der Waals surface area contributed by atoms with Gasteiger partial charge in [-0.1, -0.05) is 12.1 Å². The molecule has 3 heterocycles. The van der Waals surface area contributed by atoms with Crippen LogP contribution in [-0.4, -0.2) is 54.2 Å². The maximum Gasteiger partial charge on any atom is 0.339 e. The molecule has 32 heavy (non-hydrogen) atoms. The average Bonchev–Trinajstić information content (AvgIpc) is 3.45. The first kappa shape index (κ1) is 20.5. The molecule has 0 bridgehead atoms. The van der Waals surface area contributed by atoms with Crippen molar-refractivity contribution in [2.24, 2.45) is 11.8 Å². The minimum atomic E-state index is -0.851. The molecule has 3 fully saturated rings. The SMILES string of the molecule is COC(=O)c1ccccc1N1C(=O)[C@@H]2[C@@H](C1=O)[C@H](C(=O)c1ccc(F)cc1)N1CCC[C@H]21. The van der Waals surface area contributed by atoms with Gasteiger partial charge in [-0.2, -0.15) is 0 Å². The smallest absolute Gasteiger partial charge is 0.339 e. The molecule has 0 unspecified atom stereocenters. The van der Waals surface area contributed by atoms with Gasteiger partial charge in [0.15, 0.2) is 5.78 Å². The second-order valence-corrected chi connectivity index (χ2v) is 8.34. The third-order valence-electron chi connectivity index (χ3n) is 6.80. The number of rotatable bonds is 4. The lowest BCUT2D eigenvalue weighted by Gasteiger charge is -2.28. The van der Waals surface area contributed by atoms with Gasteiger partial charge in [0, 0.05) is 11.6 Å². The molecule has 3 saturated heterocycles. The van der Waals surface area contributed by atoms with Gasteiger partial charge in [0.2, 0.25) is 11.8 Å². The van der Waals surface area contributed by atoms with Crippen molar-refractivity contribution in [2.75, 3.05) is 18.6 Å². The summed E-state index contributed by atoms with van der Waals surface area (Å²) in [5.74, 6) is -3.81. The van der Waals surface area contributed by atoms with Crippen molar-refractivity contribution in [2.45, 2.75) is 24.9 Å². The summed E-state index contributed by atoms with van der Waals surface area (Å²) >= 11 is 0. The predicted octanol–water partition coefficient (Wildman–Crippen LogP) is 2.45. The molecule has 0 radical (unpaired) electrons.